The van der Waals surface area contributed by atoms with Gasteiger partial charge in [-0.2, -0.15) is 0 Å². The second-order valence-corrected chi connectivity index (χ2v) is 7.71. The predicted octanol–water partition coefficient (Wildman–Crippen LogP) is 2.24. The van der Waals surface area contributed by atoms with Crippen molar-refractivity contribution in [3.8, 4) is 0 Å². The first-order valence-electron chi connectivity index (χ1n) is 9.26. The third kappa shape index (κ3) is 5.41. The number of nitrogens with zero attached hydrogens (tertiary/aromatic N) is 1. The lowest BCUT2D eigenvalue weighted by Gasteiger charge is -2.37. The van der Waals surface area contributed by atoms with Gasteiger partial charge in [-0.1, -0.05) is 30.3 Å². The number of rotatable bonds is 8. The van der Waals surface area contributed by atoms with Crippen molar-refractivity contribution >= 4 is 5.96 Å². The number of benzene rings is 1. The molecular weight excluding hydrogens is 317 g/mol. The highest BCUT2D eigenvalue weighted by molar-refractivity contribution is 5.79. The number of nitrogens with one attached hydrogen (secondary N) is 3. The van der Waals surface area contributed by atoms with Crippen molar-refractivity contribution in [3.63, 3.8) is 0 Å². The maximum Gasteiger partial charge on any atom is 0.192 e. The highest BCUT2D eigenvalue weighted by Gasteiger charge is 2.37. The zero-order valence-corrected chi connectivity index (χ0v) is 15.1. The maximum atomic E-state index is 14.3. The molecule has 0 saturated heterocycles. The number of hydrogen-bond donors (Lipinski definition) is 4. The first kappa shape index (κ1) is 18.1. The van der Waals surface area contributed by atoms with Gasteiger partial charge in [0.1, 0.15) is 11.8 Å². The highest BCUT2D eigenvalue weighted by atomic mass is 19.1. The molecule has 1 aromatic rings. The summed E-state index contributed by atoms with van der Waals surface area (Å²) < 4.78 is 14.3. The Balaban J connectivity index is 1.54. The number of halogens is 1. The van der Waals surface area contributed by atoms with E-state index in [2.05, 4.69) is 45.2 Å². The molecule has 1 heterocycles. The van der Waals surface area contributed by atoms with Gasteiger partial charge in [0.25, 0.3) is 0 Å². The van der Waals surface area contributed by atoms with Crippen molar-refractivity contribution in [1.29, 1.82) is 0 Å². The van der Waals surface area contributed by atoms with Gasteiger partial charge in [0.15, 0.2) is 12.2 Å². The molecule has 2 aliphatic rings. The number of hydrogen-bond acceptors (Lipinski definition) is 5. The fourth-order valence-electron chi connectivity index (χ4n) is 3.34. The summed E-state index contributed by atoms with van der Waals surface area (Å²) in [6, 6.07) is 11.0. The number of nitrogens with two attached hydrogens (primary N) is 1. The van der Waals surface area contributed by atoms with Gasteiger partial charge >= 0.3 is 0 Å². The molecule has 25 heavy (non-hydrogen) atoms. The van der Waals surface area contributed by atoms with E-state index < -0.39 is 11.8 Å². The molecule has 5 N–H and O–H groups in total. The van der Waals surface area contributed by atoms with Crippen molar-refractivity contribution in [2.45, 2.75) is 70.1 Å². The normalized spacial score (nSPS) is 25.2. The zero-order chi connectivity index (χ0) is 17.9. The Labute approximate surface area is 149 Å². The molecule has 0 spiro atoms. The van der Waals surface area contributed by atoms with Gasteiger partial charge in [-0.15, -0.1) is 0 Å². The summed E-state index contributed by atoms with van der Waals surface area (Å²) in [6.07, 6.45) is 4.91. The minimum absolute atomic E-state index is 0.283. The molecule has 3 atom stereocenters. The fourth-order valence-corrected chi connectivity index (χ4v) is 3.34. The number of aryl methyl sites for hydroxylation is 1. The molecule has 1 fully saturated rings. The molecule has 6 heteroatoms. The van der Waals surface area contributed by atoms with Crippen molar-refractivity contribution in [1.82, 2.24) is 16.0 Å². The second kappa shape index (κ2) is 7.70. The van der Waals surface area contributed by atoms with Gasteiger partial charge in [-0.05, 0) is 57.4 Å². The van der Waals surface area contributed by atoms with Crippen molar-refractivity contribution in [2.24, 2.45) is 16.6 Å². The highest BCUT2D eigenvalue weighted by Crippen LogP contribution is 2.35. The summed E-state index contributed by atoms with van der Waals surface area (Å²) in [5, 5.41) is 9.60. The van der Waals surface area contributed by atoms with Crippen LogP contribution in [0.25, 0.3) is 0 Å². The molecule has 0 bridgehead atoms. The summed E-state index contributed by atoms with van der Waals surface area (Å²) >= 11 is 0. The van der Waals surface area contributed by atoms with Crippen LogP contribution in [0.3, 0.4) is 0 Å². The van der Waals surface area contributed by atoms with Crippen LogP contribution in [0.4, 0.5) is 4.39 Å². The van der Waals surface area contributed by atoms with Crippen LogP contribution in [0.15, 0.2) is 35.3 Å². The molecular formula is C19H30FN5. The van der Waals surface area contributed by atoms with E-state index in [1.165, 1.54) is 32.3 Å². The predicted molar refractivity (Wildman–Crippen MR) is 99.7 cm³/mol. The summed E-state index contributed by atoms with van der Waals surface area (Å²) in [5.41, 5.74) is 5.79. The lowest BCUT2D eigenvalue weighted by molar-refractivity contribution is 0.115. The summed E-state index contributed by atoms with van der Waals surface area (Å²) in [4.78, 5) is 4.36. The van der Waals surface area contributed by atoms with Crippen molar-refractivity contribution in [2.75, 3.05) is 0 Å². The summed E-state index contributed by atoms with van der Waals surface area (Å²) in [6.45, 7) is 3.07. The lowest BCUT2D eigenvalue weighted by Crippen LogP contribution is -2.67. The van der Waals surface area contributed by atoms with Gasteiger partial charge < -0.3 is 11.1 Å². The first-order chi connectivity index (χ1) is 11.9. The van der Waals surface area contributed by atoms with Crippen LogP contribution < -0.4 is 21.7 Å². The molecule has 0 radical (unpaired) electrons. The monoisotopic (exact) mass is 347 g/mol. The van der Waals surface area contributed by atoms with Crippen LogP contribution in [-0.4, -0.2) is 30.1 Å². The Morgan fingerprint density at radius 3 is 2.68 bits per heavy atom. The van der Waals surface area contributed by atoms with E-state index >= 15 is 0 Å². The average molecular weight is 347 g/mol. The first-order valence-corrected chi connectivity index (χ1v) is 9.26. The van der Waals surface area contributed by atoms with Gasteiger partial charge in [0.05, 0.1) is 0 Å². The molecule has 0 amide bonds. The van der Waals surface area contributed by atoms with Gasteiger partial charge in [0, 0.05) is 6.04 Å². The maximum absolute atomic E-state index is 14.3. The molecule has 3 unspecified atom stereocenters. The second-order valence-electron chi connectivity index (χ2n) is 7.71. The van der Waals surface area contributed by atoms with E-state index in [9.17, 15) is 4.39 Å². The number of aliphatic imine (C=N–C) groups is 1. The van der Waals surface area contributed by atoms with E-state index in [-0.39, 0.29) is 12.2 Å². The largest absolute Gasteiger partial charge is 0.370 e. The van der Waals surface area contributed by atoms with Gasteiger partial charge in [-0.3, -0.25) is 10.6 Å². The minimum atomic E-state index is -1.43. The van der Waals surface area contributed by atoms with Crippen LogP contribution in [0, 0.1) is 5.92 Å². The molecule has 138 valence electrons. The Morgan fingerprint density at radius 2 is 2.04 bits per heavy atom. The van der Waals surface area contributed by atoms with Crippen LogP contribution in [0.2, 0.25) is 0 Å². The quantitative estimate of drug-likeness (QED) is 0.582. The van der Waals surface area contributed by atoms with Crippen LogP contribution in [-0.2, 0) is 6.42 Å². The van der Waals surface area contributed by atoms with E-state index in [1.807, 2.05) is 6.07 Å². The van der Waals surface area contributed by atoms with Gasteiger partial charge in [0.2, 0.25) is 0 Å². The fraction of sp³-hybridized carbons (Fsp3) is 0.632. The van der Waals surface area contributed by atoms with Gasteiger partial charge in [-0.25, -0.2) is 9.38 Å². The van der Waals surface area contributed by atoms with E-state index in [4.69, 9.17) is 5.73 Å². The van der Waals surface area contributed by atoms with Crippen molar-refractivity contribution < 1.29 is 4.39 Å². The third-order valence-corrected chi connectivity index (χ3v) is 4.96. The Hall–Kier alpha value is -1.66. The Morgan fingerprint density at radius 1 is 1.32 bits per heavy atom. The van der Waals surface area contributed by atoms with Crippen LogP contribution >= 0.6 is 0 Å². The average Bonchev–Trinajstić information content (AvgIpc) is 3.38. The number of alkyl halides is 1. The number of guanidine groups is 1. The van der Waals surface area contributed by atoms with Crippen molar-refractivity contribution in [3.05, 3.63) is 35.9 Å². The Kier molecular flexibility index (Phi) is 5.59. The topological polar surface area (TPSA) is 74.5 Å². The van der Waals surface area contributed by atoms with Crippen LogP contribution in [0.1, 0.15) is 45.1 Å². The smallest absolute Gasteiger partial charge is 0.192 e. The van der Waals surface area contributed by atoms with E-state index in [0.29, 0.717) is 12.0 Å². The van der Waals surface area contributed by atoms with E-state index in [0.717, 1.165) is 19.3 Å². The SMILES string of the molecule is CC(C)(F)C1NC(N)=NC(NC(CCCc2ccccc2)C2CC2)N1. The third-order valence-electron chi connectivity index (χ3n) is 4.96. The van der Waals surface area contributed by atoms with E-state index in [1.54, 1.807) is 0 Å². The molecule has 1 saturated carbocycles. The lowest BCUT2D eigenvalue weighted by atomic mass is 10.0. The molecule has 0 aromatic heterocycles. The zero-order valence-electron chi connectivity index (χ0n) is 15.1. The summed E-state index contributed by atoms with van der Waals surface area (Å²) in [5.74, 6) is 0.978. The molecule has 1 aromatic carbocycles. The molecule has 1 aliphatic heterocycles. The minimum Gasteiger partial charge on any atom is -0.370 e. The standard InChI is InChI=1S/C19H30FN5/c1-19(2,20)16-23-17(21)25-18(24-16)22-15(14-11-12-14)10-6-9-13-7-4-3-5-8-13/h3-5,7-8,14-16,18,22,24H,6,9-12H2,1-2H3,(H3,21,23,25). The summed E-state index contributed by atoms with van der Waals surface area (Å²) in [7, 11) is 0. The molecule has 1 aliphatic carbocycles. The molecule has 5 nitrogen and oxygen atoms in total. The Bertz CT molecular complexity index is 579. The van der Waals surface area contributed by atoms with Crippen LogP contribution in [0.5, 0.6) is 0 Å². The molecule has 3 rings (SSSR count).